The second-order valence-electron chi connectivity index (χ2n) is 6.02. The first kappa shape index (κ1) is 16.9. The Morgan fingerprint density at radius 1 is 1.00 bits per heavy atom. The Morgan fingerprint density at radius 2 is 1.73 bits per heavy atom. The Labute approximate surface area is 144 Å². The highest BCUT2D eigenvalue weighted by molar-refractivity contribution is 6.08. The Hall–Kier alpha value is -2.55. The number of pyridine rings is 2. The van der Waals surface area contributed by atoms with Crippen molar-refractivity contribution in [2.45, 2.75) is 6.18 Å². The minimum Gasteiger partial charge on any atom is -0.352 e. The van der Waals surface area contributed by atoms with E-state index in [2.05, 4.69) is 15.3 Å². The van der Waals surface area contributed by atoms with Crippen LogP contribution in [0.3, 0.4) is 0 Å². The SMILES string of the molecule is Fc1c(C(F)(F)F)cc2c(nc(N3CCNCC3)c3ncccc32)c1F. The maximum atomic E-state index is 14.5. The zero-order valence-corrected chi connectivity index (χ0v) is 13.4. The van der Waals surface area contributed by atoms with E-state index in [1.165, 1.54) is 18.3 Å². The molecule has 0 radical (unpaired) electrons. The van der Waals surface area contributed by atoms with E-state index < -0.39 is 28.9 Å². The van der Waals surface area contributed by atoms with Crippen LogP contribution in [0.2, 0.25) is 0 Å². The number of piperazine rings is 1. The van der Waals surface area contributed by atoms with Crippen molar-refractivity contribution in [3.8, 4) is 0 Å². The summed E-state index contributed by atoms with van der Waals surface area (Å²) in [5, 5.41) is 3.35. The molecule has 0 aliphatic carbocycles. The van der Waals surface area contributed by atoms with Gasteiger partial charge in [-0.1, -0.05) is 6.07 Å². The first-order valence-corrected chi connectivity index (χ1v) is 7.97. The van der Waals surface area contributed by atoms with Gasteiger partial charge in [-0.25, -0.2) is 13.8 Å². The van der Waals surface area contributed by atoms with Crippen molar-refractivity contribution in [1.82, 2.24) is 15.3 Å². The molecule has 0 atom stereocenters. The molecule has 1 saturated heterocycles. The molecule has 1 N–H and O–H groups in total. The van der Waals surface area contributed by atoms with Gasteiger partial charge in [0.05, 0.1) is 5.56 Å². The van der Waals surface area contributed by atoms with E-state index in [0.29, 0.717) is 49.0 Å². The largest absolute Gasteiger partial charge is 0.419 e. The van der Waals surface area contributed by atoms with Crippen LogP contribution in [0.1, 0.15) is 5.56 Å². The minimum atomic E-state index is -5.01. The monoisotopic (exact) mass is 368 g/mol. The fourth-order valence-electron chi connectivity index (χ4n) is 3.19. The molecular weight excluding hydrogens is 355 g/mol. The van der Waals surface area contributed by atoms with Crippen molar-refractivity contribution >= 4 is 27.6 Å². The van der Waals surface area contributed by atoms with Crippen LogP contribution in [0, 0.1) is 11.6 Å². The lowest BCUT2D eigenvalue weighted by atomic mass is 10.0. The molecule has 3 heterocycles. The standard InChI is InChI=1S/C17H13F5N4/c18-12-11(17(20,21)22)8-10-9-2-1-3-24-15(9)16(25-14(10)13(12)19)26-6-4-23-5-7-26/h1-3,8,23H,4-7H2. The van der Waals surface area contributed by atoms with Crippen LogP contribution in [0.15, 0.2) is 24.4 Å². The molecule has 1 fully saturated rings. The maximum Gasteiger partial charge on any atom is 0.419 e. The summed E-state index contributed by atoms with van der Waals surface area (Å²) < 4.78 is 67.7. The van der Waals surface area contributed by atoms with Gasteiger partial charge in [-0.2, -0.15) is 13.2 Å². The summed E-state index contributed by atoms with van der Waals surface area (Å²) in [6.45, 7) is 2.51. The average molecular weight is 368 g/mol. The number of hydrogen-bond donors (Lipinski definition) is 1. The van der Waals surface area contributed by atoms with Crippen molar-refractivity contribution in [2.75, 3.05) is 31.1 Å². The van der Waals surface area contributed by atoms with Crippen LogP contribution in [0.5, 0.6) is 0 Å². The summed E-state index contributed by atoms with van der Waals surface area (Å²) >= 11 is 0. The van der Waals surface area contributed by atoms with Gasteiger partial charge in [-0.15, -0.1) is 0 Å². The van der Waals surface area contributed by atoms with Gasteiger partial charge < -0.3 is 10.2 Å². The number of alkyl halides is 3. The summed E-state index contributed by atoms with van der Waals surface area (Å²) in [6.07, 6.45) is -3.52. The highest BCUT2D eigenvalue weighted by atomic mass is 19.4. The van der Waals surface area contributed by atoms with Gasteiger partial charge in [0.15, 0.2) is 17.5 Å². The number of fused-ring (bicyclic) bond motifs is 3. The van der Waals surface area contributed by atoms with E-state index in [1.54, 1.807) is 0 Å². The molecule has 0 saturated carbocycles. The van der Waals surface area contributed by atoms with E-state index in [4.69, 9.17) is 0 Å². The third-order valence-electron chi connectivity index (χ3n) is 4.43. The molecule has 136 valence electrons. The van der Waals surface area contributed by atoms with Gasteiger partial charge >= 0.3 is 6.18 Å². The van der Waals surface area contributed by atoms with E-state index >= 15 is 0 Å². The molecule has 4 rings (SSSR count). The fraction of sp³-hybridized carbons (Fsp3) is 0.294. The molecule has 4 nitrogen and oxygen atoms in total. The van der Waals surface area contributed by atoms with Crippen molar-refractivity contribution in [3.05, 3.63) is 41.6 Å². The summed E-state index contributed by atoms with van der Waals surface area (Å²) in [5.41, 5.74) is -1.71. The molecule has 9 heteroatoms. The maximum absolute atomic E-state index is 14.5. The average Bonchev–Trinajstić information content (AvgIpc) is 2.63. The van der Waals surface area contributed by atoms with E-state index in [-0.39, 0.29) is 5.39 Å². The number of hydrogen-bond acceptors (Lipinski definition) is 4. The van der Waals surface area contributed by atoms with Crippen LogP contribution < -0.4 is 10.2 Å². The number of nitrogens with zero attached hydrogens (tertiary/aromatic N) is 3. The zero-order valence-electron chi connectivity index (χ0n) is 13.4. The summed E-state index contributed by atoms with van der Waals surface area (Å²) in [4.78, 5) is 10.3. The van der Waals surface area contributed by atoms with Gasteiger partial charge in [0.2, 0.25) is 0 Å². The molecule has 26 heavy (non-hydrogen) atoms. The Morgan fingerprint density at radius 3 is 2.42 bits per heavy atom. The molecule has 0 spiro atoms. The Bertz CT molecular complexity index is 996. The first-order valence-electron chi connectivity index (χ1n) is 7.97. The third kappa shape index (κ3) is 2.63. The van der Waals surface area contributed by atoms with Crippen LogP contribution in [0.25, 0.3) is 21.8 Å². The summed E-state index contributed by atoms with van der Waals surface area (Å²) in [6, 6.07) is 3.68. The first-order chi connectivity index (χ1) is 12.4. The topological polar surface area (TPSA) is 41.1 Å². The second-order valence-corrected chi connectivity index (χ2v) is 6.02. The molecule has 0 unspecified atom stereocenters. The minimum absolute atomic E-state index is 0.113. The number of rotatable bonds is 1. The number of aromatic nitrogens is 2. The highest BCUT2D eigenvalue weighted by Crippen LogP contribution is 2.38. The fourth-order valence-corrected chi connectivity index (χ4v) is 3.19. The van der Waals surface area contributed by atoms with Gasteiger partial charge in [-0.3, -0.25) is 4.98 Å². The van der Waals surface area contributed by atoms with Gasteiger partial charge in [0.1, 0.15) is 11.0 Å². The van der Waals surface area contributed by atoms with Crippen molar-refractivity contribution in [3.63, 3.8) is 0 Å². The number of nitrogens with one attached hydrogen (secondary N) is 1. The lowest BCUT2D eigenvalue weighted by molar-refractivity contribution is -0.140. The number of halogens is 5. The highest BCUT2D eigenvalue weighted by Gasteiger charge is 2.37. The van der Waals surface area contributed by atoms with E-state index in [9.17, 15) is 22.0 Å². The van der Waals surface area contributed by atoms with Crippen molar-refractivity contribution < 1.29 is 22.0 Å². The summed E-state index contributed by atoms with van der Waals surface area (Å²) in [7, 11) is 0. The van der Waals surface area contributed by atoms with Gasteiger partial charge in [-0.05, 0) is 12.1 Å². The molecule has 0 bridgehead atoms. The van der Waals surface area contributed by atoms with E-state index in [0.717, 1.165) is 0 Å². The second kappa shape index (κ2) is 6.01. The molecular formula is C17H13F5N4. The molecule has 3 aromatic rings. The third-order valence-corrected chi connectivity index (χ3v) is 4.43. The Kier molecular flexibility index (Phi) is 3.91. The number of anilines is 1. The normalized spacial score (nSPS) is 15.8. The molecule has 1 aliphatic rings. The van der Waals surface area contributed by atoms with Crippen LogP contribution in [0.4, 0.5) is 27.8 Å². The Balaban J connectivity index is 2.08. The van der Waals surface area contributed by atoms with E-state index in [1.807, 2.05) is 4.90 Å². The molecule has 0 amide bonds. The molecule has 1 aromatic carbocycles. The zero-order chi connectivity index (χ0) is 18.5. The lowest BCUT2D eigenvalue weighted by Gasteiger charge is -2.29. The van der Waals surface area contributed by atoms with Crippen molar-refractivity contribution in [1.29, 1.82) is 0 Å². The number of benzene rings is 1. The van der Waals surface area contributed by atoms with Gasteiger partial charge in [0, 0.05) is 43.1 Å². The predicted molar refractivity (Wildman–Crippen MR) is 87.0 cm³/mol. The van der Waals surface area contributed by atoms with Gasteiger partial charge in [0.25, 0.3) is 0 Å². The van der Waals surface area contributed by atoms with Crippen molar-refractivity contribution in [2.24, 2.45) is 0 Å². The van der Waals surface area contributed by atoms with Crippen LogP contribution >= 0.6 is 0 Å². The van der Waals surface area contributed by atoms with Crippen LogP contribution in [-0.2, 0) is 6.18 Å². The molecule has 1 aliphatic heterocycles. The van der Waals surface area contributed by atoms with Crippen LogP contribution in [-0.4, -0.2) is 36.1 Å². The molecule has 2 aromatic heterocycles. The smallest absolute Gasteiger partial charge is 0.352 e. The summed E-state index contributed by atoms with van der Waals surface area (Å²) in [5.74, 6) is -3.20. The quantitative estimate of drug-likeness (QED) is 0.527. The lowest BCUT2D eigenvalue weighted by Crippen LogP contribution is -2.44. The predicted octanol–water partition coefficient (Wildman–Crippen LogP) is 3.49.